The number of carbonyl (C=O) groups excluding carboxylic acids is 1. The maximum atomic E-state index is 11.2. The molecular weight excluding hydrogens is 256 g/mol. The lowest BCUT2D eigenvalue weighted by Gasteiger charge is -2.37. The SMILES string of the molecule is CC1(C)O[C@@H]2O[C@H](C(=O)[O-])[C@H]3OC(C)(C)O[C@H]3[C@@H]2O1. The van der Waals surface area contributed by atoms with Gasteiger partial charge in [0.25, 0.3) is 0 Å². The van der Waals surface area contributed by atoms with Gasteiger partial charge in [0.1, 0.15) is 24.4 Å². The molecule has 3 rings (SSSR count). The van der Waals surface area contributed by atoms with E-state index in [0.29, 0.717) is 0 Å². The predicted octanol–water partition coefficient (Wildman–Crippen LogP) is -0.867. The topological polar surface area (TPSA) is 86.3 Å². The highest BCUT2D eigenvalue weighted by molar-refractivity contribution is 5.71. The van der Waals surface area contributed by atoms with Crippen molar-refractivity contribution < 1.29 is 33.6 Å². The summed E-state index contributed by atoms with van der Waals surface area (Å²) in [5.41, 5.74) is 0. The first-order valence-electron chi connectivity index (χ1n) is 6.26. The minimum Gasteiger partial charge on any atom is -0.547 e. The second-order valence-corrected chi connectivity index (χ2v) is 5.91. The Balaban J connectivity index is 1.91. The molecule has 0 spiro atoms. The molecule has 3 heterocycles. The Labute approximate surface area is 110 Å². The van der Waals surface area contributed by atoms with Crippen LogP contribution in [0, 0.1) is 0 Å². The molecule has 0 N–H and O–H groups in total. The molecule has 0 aliphatic carbocycles. The highest BCUT2D eigenvalue weighted by Gasteiger charge is 2.60. The molecule has 0 aromatic carbocycles. The van der Waals surface area contributed by atoms with E-state index in [1.807, 2.05) is 0 Å². The van der Waals surface area contributed by atoms with Crippen molar-refractivity contribution in [1.29, 1.82) is 0 Å². The van der Waals surface area contributed by atoms with Crippen molar-refractivity contribution in [1.82, 2.24) is 0 Å². The molecule has 7 nitrogen and oxygen atoms in total. The molecule has 0 aromatic rings. The van der Waals surface area contributed by atoms with Gasteiger partial charge >= 0.3 is 0 Å². The molecule has 7 heteroatoms. The maximum Gasteiger partial charge on any atom is 0.190 e. The van der Waals surface area contributed by atoms with E-state index in [-0.39, 0.29) is 0 Å². The zero-order chi connectivity index (χ0) is 14.0. The van der Waals surface area contributed by atoms with Crippen molar-refractivity contribution in [2.24, 2.45) is 0 Å². The van der Waals surface area contributed by atoms with E-state index in [4.69, 9.17) is 23.7 Å². The van der Waals surface area contributed by atoms with Gasteiger partial charge < -0.3 is 33.6 Å². The fourth-order valence-electron chi connectivity index (χ4n) is 2.80. The summed E-state index contributed by atoms with van der Waals surface area (Å²) in [4.78, 5) is 11.2. The summed E-state index contributed by atoms with van der Waals surface area (Å²) in [7, 11) is 0. The lowest BCUT2D eigenvalue weighted by Crippen LogP contribution is -2.60. The summed E-state index contributed by atoms with van der Waals surface area (Å²) in [6.45, 7) is 6.90. The van der Waals surface area contributed by atoms with Gasteiger partial charge in [0.15, 0.2) is 17.9 Å². The van der Waals surface area contributed by atoms with Gasteiger partial charge in [-0.25, -0.2) is 0 Å². The molecule has 0 saturated carbocycles. The zero-order valence-corrected chi connectivity index (χ0v) is 11.2. The predicted molar refractivity (Wildman–Crippen MR) is 57.5 cm³/mol. The molecule has 108 valence electrons. The van der Waals surface area contributed by atoms with Gasteiger partial charge in [-0.2, -0.15) is 0 Å². The first kappa shape index (κ1) is 13.3. The molecule has 3 fully saturated rings. The van der Waals surface area contributed by atoms with Crippen LogP contribution in [0.2, 0.25) is 0 Å². The molecule has 19 heavy (non-hydrogen) atoms. The third-order valence-corrected chi connectivity index (χ3v) is 3.39. The molecule has 0 amide bonds. The molecule has 0 radical (unpaired) electrons. The van der Waals surface area contributed by atoms with Gasteiger partial charge in [-0.3, -0.25) is 0 Å². The van der Waals surface area contributed by atoms with Crippen molar-refractivity contribution >= 4 is 5.97 Å². The van der Waals surface area contributed by atoms with E-state index in [0.717, 1.165) is 0 Å². The van der Waals surface area contributed by atoms with Gasteiger partial charge in [0, 0.05) is 0 Å². The average molecular weight is 273 g/mol. The summed E-state index contributed by atoms with van der Waals surface area (Å²) >= 11 is 0. The Morgan fingerprint density at radius 1 is 0.895 bits per heavy atom. The molecule has 5 atom stereocenters. The summed E-state index contributed by atoms with van der Waals surface area (Å²) in [5, 5.41) is 11.2. The number of carbonyl (C=O) groups is 1. The average Bonchev–Trinajstić information content (AvgIpc) is 2.70. The summed E-state index contributed by atoms with van der Waals surface area (Å²) in [6.07, 6.45) is -3.86. The Hall–Kier alpha value is -0.730. The smallest absolute Gasteiger partial charge is 0.190 e. The van der Waals surface area contributed by atoms with E-state index >= 15 is 0 Å². The molecule has 0 bridgehead atoms. The van der Waals surface area contributed by atoms with Gasteiger partial charge in [0.2, 0.25) is 0 Å². The minimum absolute atomic E-state index is 0.516. The highest BCUT2D eigenvalue weighted by atomic mass is 16.9. The van der Waals surface area contributed by atoms with E-state index in [1.165, 1.54) is 0 Å². The number of carboxylic acid groups (broad SMARTS) is 1. The fourth-order valence-corrected chi connectivity index (χ4v) is 2.80. The Morgan fingerprint density at radius 3 is 2.05 bits per heavy atom. The molecule has 0 unspecified atom stereocenters. The molecule has 3 aliphatic heterocycles. The van der Waals surface area contributed by atoms with Gasteiger partial charge in [0.05, 0.1) is 5.97 Å². The second-order valence-electron chi connectivity index (χ2n) is 5.91. The molecule has 3 aliphatic rings. The first-order chi connectivity index (χ1) is 8.69. The Morgan fingerprint density at radius 2 is 1.42 bits per heavy atom. The van der Waals surface area contributed by atoms with Crippen LogP contribution in [0.1, 0.15) is 27.7 Å². The Kier molecular flexibility index (Phi) is 2.72. The third kappa shape index (κ3) is 2.15. The largest absolute Gasteiger partial charge is 0.547 e. The lowest BCUT2D eigenvalue weighted by molar-refractivity contribution is -0.334. The highest BCUT2D eigenvalue weighted by Crippen LogP contribution is 2.43. The van der Waals surface area contributed by atoms with Crippen molar-refractivity contribution in [2.75, 3.05) is 0 Å². The molecule has 3 saturated heterocycles. The van der Waals surface area contributed by atoms with Crippen molar-refractivity contribution in [3.05, 3.63) is 0 Å². The summed E-state index contributed by atoms with van der Waals surface area (Å²) in [6, 6.07) is 0. The van der Waals surface area contributed by atoms with Crippen LogP contribution >= 0.6 is 0 Å². The minimum atomic E-state index is -1.34. The number of fused-ring (bicyclic) bond motifs is 3. The number of ether oxygens (including phenoxy) is 5. The van der Waals surface area contributed by atoms with Gasteiger partial charge in [-0.15, -0.1) is 0 Å². The van der Waals surface area contributed by atoms with E-state index < -0.39 is 48.2 Å². The number of rotatable bonds is 1. The van der Waals surface area contributed by atoms with E-state index in [2.05, 4.69) is 0 Å². The van der Waals surface area contributed by atoms with Crippen LogP contribution < -0.4 is 5.11 Å². The number of hydrogen-bond donors (Lipinski definition) is 0. The van der Waals surface area contributed by atoms with Crippen LogP contribution in [-0.4, -0.2) is 48.2 Å². The van der Waals surface area contributed by atoms with Crippen LogP contribution in [0.15, 0.2) is 0 Å². The van der Waals surface area contributed by atoms with Gasteiger partial charge in [-0.05, 0) is 27.7 Å². The fraction of sp³-hybridized carbons (Fsp3) is 0.917. The summed E-state index contributed by atoms with van der Waals surface area (Å²) in [5.74, 6) is -3.09. The normalized spacial score (nSPS) is 46.6. The monoisotopic (exact) mass is 273 g/mol. The molecule has 0 aromatic heterocycles. The maximum absolute atomic E-state index is 11.2. The van der Waals surface area contributed by atoms with Crippen molar-refractivity contribution in [3.8, 4) is 0 Å². The van der Waals surface area contributed by atoms with Crippen molar-refractivity contribution in [2.45, 2.75) is 70.0 Å². The van der Waals surface area contributed by atoms with Crippen LogP contribution in [0.5, 0.6) is 0 Å². The van der Waals surface area contributed by atoms with E-state index in [9.17, 15) is 9.90 Å². The standard InChI is InChI=1S/C12H18O7/c1-11(2)16-5-6(17-11)8-10(15-7(5)9(13)14)19-12(3,4)18-8/h5-8,10H,1-4H3,(H,13,14)/p-1/t5-,6+,7-,8-,10-/m0/s1. The van der Waals surface area contributed by atoms with E-state index in [1.54, 1.807) is 27.7 Å². The number of hydrogen-bond acceptors (Lipinski definition) is 7. The van der Waals surface area contributed by atoms with Gasteiger partial charge in [-0.1, -0.05) is 0 Å². The number of carboxylic acids is 1. The zero-order valence-electron chi connectivity index (χ0n) is 11.2. The summed E-state index contributed by atoms with van der Waals surface area (Å²) < 4.78 is 28.0. The lowest BCUT2D eigenvalue weighted by atomic mass is 9.99. The Bertz CT molecular complexity index is 405. The van der Waals surface area contributed by atoms with Crippen LogP contribution in [0.25, 0.3) is 0 Å². The first-order valence-corrected chi connectivity index (χ1v) is 6.26. The quantitative estimate of drug-likeness (QED) is 0.614. The van der Waals surface area contributed by atoms with Crippen LogP contribution in [0.4, 0.5) is 0 Å². The van der Waals surface area contributed by atoms with Crippen LogP contribution in [0.3, 0.4) is 0 Å². The van der Waals surface area contributed by atoms with Crippen LogP contribution in [-0.2, 0) is 28.5 Å². The second kappa shape index (κ2) is 3.89. The number of aliphatic carboxylic acids is 1. The molecular formula is C12H17O7-. The third-order valence-electron chi connectivity index (χ3n) is 3.39. The van der Waals surface area contributed by atoms with Crippen molar-refractivity contribution in [3.63, 3.8) is 0 Å².